The van der Waals surface area contributed by atoms with Gasteiger partial charge in [0.15, 0.2) is 0 Å². The SMILES string of the molecule is C=[C-]CCNC(=C)C(C)CN.CC.C[CH-]C.[W+2]. The average Bonchev–Trinajstić information content (AvgIpc) is 2.32. The molecule has 0 aliphatic carbocycles. The van der Waals surface area contributed by atoms with Crippen molar-refractivity contribution in [3.05, 3.63) is 31.4 Å². The van der Waals surface area contributed by atoms with Gasteiger partial charge in [-0.15, -0.1) is 0 Å². The summed E-state index contributed by atoms with van der Waals surface area (Å²) in [6.07, 6.45) is 5.64. The zero-order valence-electron chi connectivity index (χ0n) is 12.2. The number of nitrogens with one attached hydrogen (secondary N) is 1. The minimum Gasteiger partial charge on any atom is -0.502 e. The Bertz CT molecular complexity index is 147. The minimum atomic E-state index is 0. The Hall–Kier alpha value is -0.0717. The Morgan fingerprint density at radius 1 is 1.41 bits per heavy atom. The molecule has 0 radical (unpaired) electrons. The van der Waals surface area contributed by atoms with Crippen LogP contribution < -0.4 is 11.1 Å². The van der Waals surface area contributed by atoms with E-state index in [1.807, 2.05) is 41.0 Å². The van der Waals surface area contributed by atoms with Gasteiger partial charge in [-0.05, 0) is 6.54 Å². The Labute approximate surface area is 123 Å². The minimum absolute atomic E-state index is 0. The summed E-state index contributed by atoms with van der Waals surface area (Å²) in [6, 6.07) is 0. The van der Waals surface area contributed by atoms with Crippen molar-refractivity contribution in [1.29, 1.82) is 0 Å². The first-order valence-corrected chi connectivity index (χ1v) is 6.00. The topological polar surface area (TPSA) is 38.0 Å². The smallest absolute Gasteiger partial charge is 0.502 e. The van der Waals surface area contributed by atoms with Gasteiger partial charge in [-0.3, -0.25) is 6.58 Å². The quantitative estimate of drug-likeness (QED) is 0.521. The number of nitrogens with two attached hydrogens (primary N) is 1. The number of hydrogen-bond donors (Lipinski definition) is 2. The molecular weight excluding hydrogens is 380 g/mol. The van der Waals surface area contributed by atoms with Crippen molar-refractivity contribution in [3.8, 4) is 0 Å². The van der Waals surface area contributed by atoms with Gasteiger partial charge in [-0.1, -0.05) is 27.4 Å². The molecule has 1 unspecified atom stereocenters. The van der Waals surface area contributed by atoms with Crippen LogP contribution in [0.2, 0.25) is 0 Å². The van der Waals surface area contributed by atoms with E-state index in [2.05, 4.69) is 24.6 Å². The molecule has 0 spiro atoms. The molecule has 0 bridgehead atoms. The van der Waals surface area contributed by atoms with Gasteiger partial charge in [0.2, 0.25) is 0 Å². The summed E-state index contributed by atoms with van der Waals surface area (Å²) in [6.45, 7) is 18.9. The Balaban J connectivity index is -0.000000122. The molecule has 0 saturated carbocycles. The van der Waals surface area contributed by atoms with Crippen LogP contribution in [-0.4, -0.2) is 13.1 Å². The van der Waals surface area contributed by atoms with Crippen molar-refractivity contribution >= 4 is 0 Å². The van der Waals surface area contributed by atoms with Gasteiger partial charge < -0.3 is 23.5 Å². The van der Waals surface area contributed by atoms with E-state index < -0.39 is 0 Å². The molecule has 0 fully saturated rings. The van der Waals surface area contributed by atoms with Crippen LogP contribution >= 0.6 is 0 Å². The van der Waals surface area contributed by atoms with Crippen LogP contribution in [0.25, 0.3) is 0 Å². The van der Waals surface area contributed by atoms with Crippen molar-refractivity contribution in [2.24, 2.45) is 11.7 Å². The van der Waals surface area contributed by atoms with Gasteiger partial charge >= 0.3 is 21.1 Å². The van der Waals surface area contributed by atoms with Crippen LogP contribution in [-0.2, 0) is 21.1 Å². The van der Waals surface area contributed by atoms with E-state index in [4.69, 9.17) is 5.73 Å². The summed E-state index contributed by atoms with van der Waals surface area (Å²) in [5.74, 6) is 0.347. The second-order valence-electron chi connectivity index (χ2n) is 3.17. The first-order chi connectivity index (χ1) is 7.63. The average molecular weight is 410 g/mol. The molecule has 17 heavy (non-hydrogen) atoms. The maximum Gasteiger partial charge on any atom is 2.00 e. The van der Waals surface area contributed by atoms with Crippen LogP contribution in [0.1, 0.15) is 41.0 Å². The van der Waals surface area contributed by atoms with Crippen molar-refractivity contribution in [2.45, 2.75) is 41.0 Å². The zero-order valence-corrected chi connectivity index (χ0v) is 15.1. The van der Waals surface area contributed by atoms with Crippen molar-refractivity contribution in [1.82, 2.24) is 5.32 Å². The van der Waals surface area contributed by atoms with Crippen LogP contribution in [0, 0.1) is 18.4 Å². The van der Waals surface area contributed by atoms with Crippen LogP contribution in [0.15, 0.2) is 18.9 Å². The van der Waals surface area contributed by atoms with E-state index in [1.165, 1.54) is 0 Å². The molecule has 2 nitrogen and oxygen atoms in total. The van der Waals surface area contributed by atoms with E-state index in [0.29, 0.717) is 12.5 Å². The monoisotopic (exact) mass is 410 g/mol. The molecule has 0 aromatic carbocycles. The van der Waals surface area contributed by atoms with E-state index in [-0.39, 0.29) is 21.1 Å². The second kappa shape index (κ2) is 24.9. The van der Waals surface area contributed by atoms with Crippen molar-refractivity contribution in [2.75, 3.05) is 13.1 Å². The normalized spacial score (nSPS) is 9.29. The molecule has 0 aliphatic rings. The van der Waals surface area contributed by atoms with Crippen molar-refractivity contribution < 1.29 is 21.1 Å². The molecular formula is C14H30N2W. The molecule has 102 valence electrons. The van der Waals surface area contributed by atoms with E-state index >= 15 is 0 Å². The van der Waals surface area contributed by atoms with Crippen molar-refractivity contribution in [3.63, 3.8) is 0 Å². The molecule has 1 atom stereocenters. The fraction of sp³-hybridized carbons (Fsp3) is 0.643. The predicted molar refractivity (Wildman–Crippen MR) is 75.8 cm³/mol. The predicted octanol–water partition coefficient (Wildman–Crippen LogP) is 3.32. The summed E-state index contributed by atoms with van der Waals surface area (Å²) in [5.41, 5.74) is 6.45. The second-order valence-corrected chi connectivity index (χ2v) is 3.17. The first-order valence-electron chi connectivity index (χ1n) is 6.00. The Kier molecular flexibility index (Phi) is 37.7. The molecule has 0 amide bonds. The van der Waals surface area contributed by atoms with Gasteiger partial charge in [0.05, 0.1) is 0 Å². The zero-order chi connectivity index (χ0) is 13.4. The fourth-order valence-electron chi connectivity index (χ4n) is 0.628. The van der Waals surface area contributed by atoms with E-state index in [0.717, 1.165) is 18.7 Å². The maximum absolute atomic E-state index is 5.45. The summed E-state index contributed by atoms with van der Waals surface area (Å²) in [5, 5.41) is 3.16. The van der Waals surface area contributed by atoms with Gasteiger partial charge in [0, 0.05) is 18.2 Å². The summed E-state index contributed by atoms with van der Waals surface area (Å²) < 4.78 is 0. The third-order valence-electron chi connectivity index (χ3n) is 1.60. The third-order valence-corrected chi connectivity index (χ3v) is 1.60. The Morgan fingerprint density at radius 2 is 1.82 bits per heavy atom. The van der Waals surface area contributed by atoms with E-state index in [1.54, 1.807) is 0 Å². The summed E-state index contributed by atoms with van der Waals surface area (Å²) >= 11 is 0. The molecule has 0 aliphatic heterocycles. The van der Waals surface area contributed by atoms with Gasteiger partial charge in [-0.25, -0.2) is 0 Å². The third kappa shape index (κ3) is 25.9. The fourth-order valence-corrected chi connectivity index (χ4v) is 0.628. The van der Waals surface area contributed by atoms with E-state index in [9.17, 15) is 0 Å². The van der Waals surface area contributed by atoms with Crippen LogP contribution in [0.5, 0.6) is 0 Å². The largest absolute Gasteiger partial charge is 2.00 e. The Morgan fingerprint density at radius 3 is 2.12 bits per heavy atom. The molecule has 0 saturated heterocycles. The molecule has 3 heteroatoms. The van der Waals surface area contributed by atoms with Crippen LogP contribution in [0.4, 0.5) is 0 Å². The number of hydrogen-bond acceptors (Lipinski definition) is 2. The van der Waals surface area contributed by atoms with Gasteiger partial charge in [-0.2, -0.15) is 20.3 Å². The first kappa shape index (κ1) is 25.7. The van der Waals surface area contributed by atoms with Crippen LogP contribution in [0.3, 0.4) is 0 Å². The molecule has 3 N–H and O–H groups in total. The summed E-state index contributed by atoms with van der Waals surface area (Å²) in [7, 11) is 0. The molecule has 0 aromatic rings. The molecule has 0 aromatic heterocycles. The number of rotatable bonds is 6. The molecule has 0 heterocycles. The maximum atomic E-state index is 5.45. The van der Waals surface area contributed by atoms with Gasteiger partial charge in [0.1, 0.15) is 0 Å². The summed E-state index contributed by atoms with van der Waals surface area (Å²) in [4.78, 5) is 0. The molecule has 0 rings (SSSR count). The van der Waals surface area contributed by atoms with Gasteiger partial charge in [0.25, 0.3) is 0 Å². The standard InChI is InChI=1S/C9H17N2.C3H7.C2H6.W/c1-4-5-6-11-9(3)8(2)7-10;1-3-2;1-2;/h8,11H,1,3,5-7,10H2,2H3;3H,1-2H3;1-2H3;/q2*-1;;+2.